The Morgan fingerprint density at radius 1 is 1.30 bits per heavy atom. The number of amides is 1. The van der Waals surface area contributed by atoms with E-state index >= 15 is 0 Å². The summed E-state index contributed by atoms with van der Waals surface area (Å²) in [6.07, 6.45) is 2.19. The van der Waals surface area contributed by atoms with Gasteiger partial charge in [-0.1, -0.05) is 20.8 Å². The maximum Gasteiger partial charge on any atom is 0.240 e. The molecule has 1 atom stereocenters. The van der Waals surface area contributed by atoms with Gasteiger partial charge < -0.3 is 15.5 Å². The summed E-state index contributed by atoms with van der Waals surface area (Å²) in [6, 6.07) is 0.196. The summed E-state index contributed by atoms with van der Waals surface area (Å²) in [7, 11) is 2.18. The quantitative estimate of drug-likeness (QED) is 0.858. The molecule has 0 aromatic heterocycles. The molecular formula is C16H33N3O. The molecule has 1 aliphatic heterocycles. The topological polar surface area (TPSA) is 49.6 Å². The number of rotatable bonds is 4. The highest BCUT2D eigenvalue weighted by atomic mass is 16.2. The highest BCUT2D eigenvalue weighted by molar-refractivity contribution is 5.82. The Labute approximate surface area is 124 Å². The minimum Gasteiger partial charge on any atom is -0.341 e. The van der Waals surface area contributed by atoms with E-state index in [1.165, 1.54) is 0 Å². The van der Waals surface area contributed by atoms with Crippen LogP contribution in [-0.2, 0) is 4.79 Å². The Kier molecular flexibility index (Phi) is 6.02. The summed E-state index contributed by atoms with van der Waals surface area (Å²) in [5.74, 6) is 0.825. The van der Waals surface area contributed by atoms with Crippen molar-refractivity contribution in [2.24, 2.45) is 17.1 Å². The van der Waals surface area contributed by atoms with Gasteiger partial charge in [0.15, 0.2) is 0 Å². The van der Waals surface area contributed by atoms with Gasteiger partial charge in [-0.05, 0) is 45.1 Å². The highest BCUT2D eigenvalue weighted by Crippen LogP contribution is 2.23. The number of carbonyl (C=O) groups excluding carboxylic acids is 1. The number of nitrogens with two attached hydrogens (primary N) is 1. The van der Waals surface area contributed by atoms with Crippen molar-refractivity contribution in [3.05, 3.63) is 0 Å². The van der Waals surface area contributed by atoms with Crippen LogP contribution in [0.15, 0.2) is 0 Å². The lowest BCUT2D eigenvalue weighted by atomic mass is 9.86. The Hall–Kier alpha value is -0.610. The standard InChI is InChI=1S/C16H33N3O/c1-12(2)18(6)11-13-7-9-19(10-8-13)15(20)14(17)16(3,4)5/h12-14H,7-11,17H2,1-6H3/t14-/m1/s1. The van der Waals surface area contributed by atoms with Gasteiger partial charge in [0.2, 0.25) is 5.91 Å². The van der Waals surface area contributed by atoms with Crippen molar-refractivity contribution in [3.63, 3.8) is 0 Å². The van der Waals surface area contributed by atoms with Gasteiger partial charge in [0.25, 0.3) is 0 Å². The average Bonchev–Trinajstić information content (AvgIpc) is 2.36. The molecule has 4 nitrogen and oxygen atoms in total. The third kappa shape index (κ3) is 4.74. The molecule has 20 heavy (non-hydrogen) atoms. The third-order valence-electron chi connectivity index (χ3n) is 4.55. The van der Waals surface area contributed by atoms with E-state index in [1.807, 2.05) is 25.7 Å². The van der Waals surface area contributed by atoms with Crippen LogP contribution in [0, 0.1) is 11.3 Å². The van der Waals surface area contributed by atoms with Gasteiger partial charge >= 0.3 is 0 Å². The van der Waals surface area contributed by atoms with Gasteiger partial charge in [0.1, 0.15) is 0 Å². The molecule has 1 heterocycles. The first kappa shape index (κ1) is 17.4. The minimum atomic E-state index is -0.391. The number of likely N-dealkylation sites (tertiary alicyclic amines) is 1. The van der Waals surface area contributed by atoms with E-state index in [4.69, 9.17) is 5.73 Å². The van der Waals surface area contributed by atoms with Gasteiger partial charge in [-0.2, -0.15) is 0 Å². The second kappa shape index (κ2) is 6.90. The fourth-order valence-electron chi connectivity index (χ4n) is 2.52. The average molecular weight is 283 g/mol. The second-order valence-electron chi connectivity index (χ2n) is 7.65. The Morgan fingerprint density at radius 2 is 1.80 bits per heavy atom. The smallest absolute Gasteiger partial charge is 0.240 e. The molecule has 1 saturated heterocycles. The molecule has 0 spiro atoms. The summed E-state index contributed by atoms with van der Waals surface area (Å²) in [4.78, 5) is 16.7. The summed E-state index contributed by atoms with van der Waals surface area (Å²) >= 11 is 0. The molecule has 1 rings (SSSR count). The maximum absolute atomic E-state index is 12.4. The Balaban J connectivity index is 2.44. The van der Waals surface area contributed by atoms with Crippen LogP contribution in [0.5, 0.6) is 0 Å². The van der Waals surface area contributed by atoms with Crippen molar-refractivity contribution in [2.45, 2.75) is 59.5 Å². The first-order chi connectivity index (χ1) is 9.12. The molecule has 0 bridgehead atoms. The van der Waals surface area contributed by atoms with E-state index in [-0.39, 0.29) is 11.3 Å². The van der Waals surface area contributed by atoms with E-state index < -0.39 is 6.04 Å². The Morgan fingerprint density at radius 3 is 2.20 bits per heavy atom. The van der Waals surface area contributed by atoms with Crippen molar-refractivity contribution in [1.29, 1.82) is 0 Å². The van der Waals surface area contributed by atoms with Crippen LogP contribution in [0.25, 0.3) is 0 Å². The molecule has 118 valence electrons. The fraction of sp³-hybridized carbons (Fsp3) is 0.938. The van der Waals surface area contributed by atoms with Crippen molar-refractivity contribution in [2.75, 3.05) is 26.7 Å². The van der Waals surface area contributed by atoms with Crippen LogP contribution in [0.4, 0.5) is 0 Å². The van der Waals surface area contributed by atoms with Gasteiger partial charge in [0.05, 0.1) is 6.04 Å². The van der Waals surface area contributed by atoms with Crippen LogP contribution in [0.2, 0.25) is 0 Å². The SMILES string of the molecule is CC(C)N(C)CC1CCN(C(=O)[C@@H](N)C(C)(C)C)CC1. The normalized spacial score (nSPS) is 19.8. The summed E-state index contributed by atoms with van der Waals surface area (Å²) in [5, 5.41) is 0. The molecule has 0 radical (unpaired) electrons. The van der Waals surface area contributed by atoms with E-state index in [2.05, 4.69) is 25.8 Å². The van der Waals surface area contributed by atoms with Gasteiger partial charge in [-0.3, -0.25) is 4.79 Å². The first-order valence-corrected chi connectivity index (χ1v) is 7.87. The van der Waals surface area contributed by atoms with Crippen LogP contribution in [0.3, 0.4) is 0 Å². The zero-order chi connectivity index (χ0) is 15.5. The number of nitrogens with zero attached hydrogens (tertiary/aromatic N) is 2. The molecule has 2 N–H and O–H groups in total. The van der Waals surface area contributed by atoms with Gasteiger partial charge in [-0.25, -0.2) is 0 Å². The summed E-state index contributed by atoms with van der Waals surface area (Å²) in [5.41, 5.74) is 5.92. The van der Waals surface area contributed by atoms with E-state index in [1.54, 1.807) is 0 Å². The molecule has 0 aromatic carbocycles. The molecule has 4 heteroatoms. The predicted octanol–water partition coefficient (Wildman–Crippen LogP) is 1.94. The molecule has 0 unspecified atom stereocenters. The maximum atomic E-state index is 12.4. The molecule has 0 aromatic rings. The number of hydrogen-bond acceptors (Lipinski definition) is 3. The monoisotopic (exact) mass is 283 g/mol. The molecule has 1 aliphatic rings. The number of piperidine rings is 1. The zero-order valence-corrected chi connectivity index (χ0v) is 14.1. The number of carbonyl (C=O) groups is 1. The largest absolute Gasteiger partial charge is 0.341 e. The minimum absolute atomic E-state index is 0.119. The summed E-state index contributed by atoms with van der Waals surface area (Å²) < 4.78 is 0. The Bertz CT molecular complexity index is 314. The zero-order valence-electron chi connectivity index (χ0n) is 14.1. The second-order valence-corrected chi connectivity index (χ2v) is 7.65. The van der Waals surface area contributed by atoms with E-state index in [0.717, 1.165) is 32.5 Å². The van der Waals surface area contributed by atoms with Crippen LogP contribution in [-0.4, -0.2) is 54.5 Å². The van der Waals surface area contributed by atoms with Crippen LogP contribution < -0.4 is 5.73 Å². The van der Waals surface area contributed by atoms with Crippen molar-refractivity contribution < 1.29 is 4.79 Å². The van der Waals surface area contributed by atoms with E-state index in [9.17, 15) is 4.79 Å². The fourth-order valence-corrected chi connectivity index (χ4v) is 2.52. The van der Waals surface area contributed by atoms with Gasteiger partial charge in [-0.15, -0.1) is 0 Å². The van der Waals surface area contributed by atoms with Crippen LogP contribution in [0.1, 0.15) is 47.5 Å². The lowest BCUT2D eigenvalue weighted by Gasteiger charge is -2.38. The molecular weight excluding hydrogens is 250 g/mol. The van der Waals surface area contributed by atoms with Crippen molar-refractivity contribution in [1.82, 2.24) is 9.80 Å². The molecule has 1 fully saturated rings. The van der Waals surface area contributed by atoms with E-state index in [0.29, 0.717) is 12.0 Å². The van der Waals surface area contributed by atoms with Crippen molar-refractivity contribution in [3.8, 4) is 0 Å². The third-order valence-corrected chi connectivity index (χ3v) is 4.55. The first-order valence-electron chi connectivity index (χ1n) is 7.87. The van der Waals surface area contributed by atoms with Gasteiger partial charge in [0, 0.05) is 25.7 Å². The lowest BCUT2D eigenvalue weighted by Crippen LogP contribution is -2.52. The van der Waals surface area contributed by atoms with Crippen LogP contribution >= 0.6 is 0 Å². The molecule has 0 aliphatic carbocycles. The summed E-state index contributed by atoms with van der Waals surface area (Å²) in [6.45, 7) is 13.4. The highest BCUT2D eigenvalue weighted by Gasteiger charge is 2.33. The predicted molar refractivity (Wildman–Crippen MR) is 84.5 cm³/mol. The molecule has 1 amide bonds. The number of hydrogen-bond donors (Lipinski definition) is 1. The molecule has 0 saturated carbocycles. The lowest BCUT2D eigenvalue weighted by molar-refractivity contribution is -0.136. The van der Waals surface area contributed by atoms with Crippen molar-refractivity contribution >= 4 is 5.91 Å².